The van der Waals surface area contributed by atoms with Crippen molar-refractivity contribution in [3.8, 4) is 0 Å². The Kier molecular flexibility index (Phi) is 2.90. The van der Waals surface area contributed by atoms with E-state index < -0.39 is 0 Å². The average Bonchev–Trinajstić information content (AvgIpc) is 3.55. The fourth-order valence-corrected chi connectivity index (χ4v) is 3.79. The van der Waals surface area contributed by atoms with E-state index in [-0.39, 0.29) is 17.6 Å². The van der Waals surface area contributed by atoms with Gasteiger partial charge in [0.15, 0.2) is 0 Å². The zero-order valence-corrected chi connectivity index (χ0v) is 13.5. The number of carbonyl (C=O) groups excluding carboxylic acids is 1. The van der Waals surface area contributed by atoms with E-state index in [0.717, 1.165) is 24.2 Å². The SMILES string of the molecule is O=C(NC1(c2ccccc2)CC1)C1=C2C=CC=CN2C(C2CC2)N1. The second-order valence-electron chi connectivity index (χ2n) is 7.20. The van der Waals surface area contributed by atoms with Gasteiger partial charge in [-0.25, -0.2) is 0 Å². The van der Waals surface area contributed by atoms with Crippen molar-refractivity contribution >= 4 is 5.91 Å². The largest absolute Gasteiger partial charge is 0.358 e. The molecule has 2 fully saturated rings. The number of nitrogens with zero attached hydrogens (tertiary/aromatic N) is 1. The summed E-state index contributed by atoms with van der Waals surface area (Å²) in [6, 6.07) is 10.3. The first-order valence-electron chi connectivity index (χ1n) is 8.79. The van der Waals surface area contributed by atoms with Crippen LogP contribution in [-0.2, 0) is 10.3 Å². The molecule has 4 nitrogen and oxygen atoms in total. The summed E-state index contributed by atoms with van der Waals surface area (Å²) in [7, 11) is 0. The summed E-state index contributed by atoms with van der Waals surface area (Å²) in [5.41, 5.74) is 2.74. The zero-order valence-electron chi connectivity index (χ0n) is 13.5. The summed E-state index contributed by atoms with van der Waals surface area (Å²) >= 11 is 0. The third kappa shape index (κ3) is 2.17. The van der Waals surface area contributed by atoms with E-state index in [0.29, 0.717) is 5.92 Å². The molecule has 1 unspecified atom stereocenters. The van der Waals surface area contributed by atoms with Gasteiger partial charge in [-0.3, -0.25) is 4.79 Å². The van der Waals surface area contributed by atoms with Gasteiger partial charge >= 0.3 is 0 Å². The van der Waals surface area contributed by atoms with Gasteiger partial charge in [0.2, 0.25) is 0 Å². The summed E-state index contributed by atoms with van der Waals surface area (Å²) in [4.78, 5) is 15.2. The van der Waals surface area contributed by atoms with Gasteiger partial charge in [0.1, 0.15) is 11.9 Å². The Morgan fingerprint density at radius 1 is 1.17 bits per heavy atom. The third-order valence-corrected chi connectivity index (χ3v) is 5.46. The van der Waals surface area contributed by atoms with Crippen molar-refractivity contribution in [2.24, 2.45) is 5.92 Å². The molecule has 2 aliphatic heterocycles. The van der Waals surface area contributed by atoms with Crippen LogP contribution in [0.25, 0.3) is 0 Å². The lowest BCUT2D eigenvalue weighted by Crippen LogP contribution is -2.41. The van der Waals surface area contributed by atoms with Crippen molar-refractivity contribution in [2.75, 3.05) is 0 Å². The van der Waals surface area contributed by atoms with Crippen LogP contribution in [0.2, 0.25) is 0 Å². The number of allylic oxidation sites excluding steroid dienone is 3. The van der Waals surface area contributed by atoms with Gasteiger partial charge in [-0.2, -0.15) is 0 Å². The van der Waals surface area contributed by atoms with Crippen LogP contribution >= 0.6 is 0 Å². The molecule has 122 valence electrons. The molecule has 2 N–H and O–H groups in total. The smallest absolute Gasteiger partial charge is 0.270 e. The summed E-state index contributed by atoms with van der Waals surface area (Å²) < 4.78 is 0. The Balaban J connectivity index is 1.41. The van der Waals surface area contributed by atoms with E-state index in [1.54, 1.807) is 0 Å². The van der Waals surface area contributed by atoms with Crippen molar-refractivity contribution in [3.05, 3.63) is 71.7 Å². The Morgan fingerprint density at radius 3 is 2.67 bits per heavy atom. The molecule has 0 aromatic heterocycles. The molecule has 24 heavy (non-hydrogen) atoms. The van der Waals surface area contributed by atoms with E-state index in [1.165, 1.54) is 18.4 Å². The topological polar surface area (TPSA) is 44.4 Å². The lowest BCUT2D eigenvalue weighted by molar-refractivity contribution is -0.118. The minimum Gasteiger partial charge on any atom is -0.358 e. The molecular formula is C20H21N3O. The first-order valence-corrected chi connectivity index (χ1v) is 8.79. The molecule has 2 saturated carbocycles. The minimum atomic E-state index is -0.176. The number of benzene rings is 1. The maximum atomic E-state index is 13.0. The number of fused-ring (bicyclic) bond motifs is 1. The van der Waals surface area contributed by atoms with Gasteiger partial charge < -0.3 is 15.5 Å². The first kappa shape index (κ1) is 13.9. The Hall–Kier alpha value is -2.49. The molecular weight excluding hydrogens is 298 g/mol. The molecule has 0 radical (unpaired) electrons. The van der Waals surface area contributed by atoms with Crippen LogP contribution in [-0.4, -0.2) is 17.0 Å². The van der Waals surface area contributed by atoms with Gasteiger partial charge in [0, 0.05) is 6.20 Å². The maximum Gasteiger partial charge on any atom is 0.270 e. The van der Waals surface area contributed by atoms with E-state index in [2.05, 4.69) is 33.9 Å². The Morgan fingerprint density at radius 2 is 1.96 bits per heavy atom. The minimum absolute atomic E-state index is 0.0134. The molecule has 2 aliphatic carbocycles. The predicted octanol–water partition coefficient (Wildman–Crippen LogP) is 2.73. The predicted molar refractivity (Wildman–Crippen MR) is 92.3 cm³/mol. The zero-order chi connectivity index (χ0) is 16.1. The standard InChI is InChI=1S/C20H21N3O/c24-19(22-20(11-12-20)15-6-2-1-3-7-15)17-16-8-4-5-13-23(16)18(21-17)14-9-10-14/h1-8,13-14,18,21H,9-12H2,(H,22,24). The molecule has 1 amide bonds. The highest BCUT2D eigenvalue weighted by atomic mass is 16.2. The number of nitrogens with one attached hydrogen (secondary N) is 2. The number of hydrogen-bond donors (Lipinski definition) is 2. The maximum absolute atomic E-state index is 13.0. The second-order valence-corrected chi connectivity index (χ2v) is 7.20. The van der Waals surface area contributed by atoms with Crippen LogP contribution in [0.3, 0.4) is 0 Å². The van der Waals surface area contributed by atoms with Gasteiger partial charge in [-0.05, 0) is 49.3 Å². The number of carbonyl (C=O) groups is 1. The van der Waals surface area contributed by atoms with E-state index in [9.17, 15) is 4.79 Å². The molecule has 2 heterocycles. The molecule has 0 bridgehead atoms. The van der Waals surface area contributed by atoms with Gasteiger partial charge in [0.25, 0.3) is 5.91 Å². The van der Waals surface area contributed by atoms with Crippen molar-refractivity contribution in [1.29, 1.82) is 0 Å². The lowest BCUT2D eigenvalue weighted by Gasteiger charge is -2.25. The van der Waals surface area contributed by atoms with Gasteiger partial charge in [-0.1, -0.05) is 36.4 Å². The van der Waals surface area contributed by atoms with Crippen LogP contribution in [0, 0.1) is 5.92 Å². The number of hydrogen-bond acceptors (Lipinski definition) is 3. The molecule has 1 atom stereocenters. The number of rotatable bonds is 4. The third-order valence-electron chi connectivity index (χ3n) is 5.46. The van der Waals surface area contributed by atoms with Crippen molar-refractivity contribution in [3.63, 3.8) is 0 Å². The van der Waals surface area contributed by atoms with Crippen LogP contribution in [0.4, 0.5) is 0 Å². The fourth-order valence-electron chi connectivity index (χ4n) is 3.79. The monoisotopic (exact) mass is 319 g/mol. The lowest BCUT2D eigenvalue weighted by atomic mass is 10.0. The average molecular weight is 319 g/mol. The molecule has 4 aliphatic rings. The second kappa shape index (κ2) is 5.00. The quantitative estimate of drug-likeness (QED) is 0.897. The van der Waals surface area contributed by atoms with E-state index in [4.69, 9.17) is 0 Å². The van der Waals surface area contributed by atoms with Crippen LogP contribution < -0.4 is 10.6 Å². The fraction of sp³-hybridized carbons (Fsp3) is 0.350. The normalized spacial score (nSPS) is 26.2. The first-order chi connectivity index (χ1) is 11.8. The summed E-state index contributed by atoms with van der Waals surface area (Å²) in [6.45, 7) is 0. The number of amides is 1. The molecule has 1 aromatic rings. The van der Waals surface area contributed by atoms with Gasteiger partial charge in [0.05, 0.1) is 11.2 Å². The highest BCUT2D eigenvalue weighted by molar-refractivity contribution is 5.95. The molecule has 1 aromatic carbocycles. The van der Waals surface area contributed by atoms with Crippen LogP contribution in [0.1, 0.15) is 31.2 Å². The highest BCUT2D eigenvalue weighted by Gasteiger charge is 2.48. The van der Waals surface area contributed by atoms with Crippen LogP contribution in [0.15, 0.2) is 66.2 Å². The highest BCUT2D eigenvalue weighted by Crippen LogP contribution is 2.46. The van der Waals surface area contributed by atoms with Crippen molar-refractivity contribution < 1.29 is 4.79 Å². The molecule has 5 rings (SSSR count). The summed E-state index contributed by atoms with van der Waals surface area (Å²) in [5, 5.41) is 6.78. The molecule has 4 heteroatoms. The Labute approximate surface area is 141 Å². The molecule has 0 saturated heterocycles. The van der Waals surface area contributed by atoms with Crippen molar-refractivity contribution in [2.45, 2.75) is 37.4 Å². The van der Waals surface area contributed by atoms with E-state index >= 15 is 0 Å². The summed E-state index contributed by atoms with van der Waals surface area (Å²) in [5.74, 6) is 0.657. The van der Waals surface area contributed by atoms with Crippen LogP contribution in [0.5, 0.6) is 0 Å². The van der Waals surface area contributed by atoms with Crippen molar-refractivity contribution in [1.82, 2.24) is 15.5 Å². The van der Waals surface area contributed by atoms with Gasteiger partial charge in [-0.15, -0.1) is 0 Å². The Bertz CT molecular complexity index is 769. The molecule has 0 spiro atoms. The summed E-state index contributed by atoms with van der Waals surface area (Å²) in [6.07, 6.45) is 12.9. The van der Waals surface area contributed by atoms with E-state index in [1.807, 2.05) is 36.4 Å².